The Morgan fingerprint density at radius 3 is 2.77 bits per heavy atom. The number of para-hydroxylation sites is 1. The van der Waals surface area contributed by atoms with Crippen LogP contribution < -0.4 is 5.32 Å². The summed E-state index contributed by atoms with van der Waals surface area (Å²) in [6, 6.07) is 18.7. The van der Waals surface area contributed by atoms with Crippen LogP contribution in [0, 0.1) is 0 Å². The van der Waals surface area contributed by atoms with Crippen LogP contribution in [-0.4, -0.2) is 26.8 Å². The second-order valence-corrected chi connectivity index (χ2v) is 10.4. The van der Waals surface area contributed by atoms with E-state index in [4.69, 9.17) is 32.6 Å². The molecule has 0 spiro atoms. The van der Waals surface area contributed by atoms with E-state index in [2.05, 4.69) is 15.5 Å². The first-order valence-electron chi connectivity index (χ1n) is 10.6. The van der Waals surface area contributed by atoms with Crippen molar-refractivity contribution in [1.82, 2.24) is 20.5 Å². The second-order valence-electron chi connectivity index (χ2n) is 7.67. The fourth-order valence-electron chi connectivity index (χ4n) is 3.62. The van der Waals surface area contributed by atoms with Gasteiger partial charge in [-0.2, -0.15) is 0 Å². The van der Waals surface area contributed by atoms with Gasteiger partial charge in [-0.25, -0.2) is 4.98 Å². The smallest absolute Gasteiger partial charge is 0.277 e. The van der Waals surface area contributed by atoms with Crippen LogP contribution in [0.3, 0.4) is 0 Å². The van der Waals surface area contributed by atoms with Gasteiger partial charge in [-0.05, 0) is 48.2 Å². The lowest BCUT2D eigenvalue weighted by Crippen LogP contribution is -2.28. The van der Waals surface area contributed by atoms with Gasteiger partial charge in [-0.3, -0.25) is 4.79 Å². The Morgan fingerprint density at radius 2 is 1.97 bits per heavy atom. The van der Waals surface area contributed by atoms with Crippen LogP contribution in [0.2, 0.25) is 10.0 Å². The molecular weight excluding hydrogens is 523 g/mol. The van der Waals surface area contributed by atoms with E-state index in [9.17, 15) is 4.79 Å². The summed E-state index contributed by atoms with van der Waals surface area (Å²) in [6.07, 6.45) is 0. The highest BCUT2D eigenvalue weighted by molar-refractivity contribution is 7.99. The van der Waals surface area contributed by atoms with Gasteiger partial charge in [0.05, 0.1) is 33.4 Å². The minimum absolute atomic E-state index is 0.120. The van der Waals surface area contributed by atoms with E-state index in [0.29, 0.717) is 21.2 Å². The number of amides is 1. The summed E-state index contributed by atoms with van der Waals surface area (Å²) in [5, 5.41) is 15.6. The predicted octanol–water partition coefficient (Wildman–Crippen LogP) is 7.29. The molecule has 0 saturated carbocycles. The Balaban J connectivity index is 1.31. The van der Waals surface area contributed by atoms with Gasteiger partial charge in [0.25, 0.3) is 5.22 Å². The topological polar surface area (TPSA) is 80.9 Å². The molecule has 1 atom stereocenters. The van der Waals surface area contributed by atoms with Crippen LogP contribution >= 0.6 is 46.3 Å². The lowest BCUT2D eigenvalue weighted by Gasteiger charge is -2.15. The summed E-state index contributed by atoms with van der Waals surface area (Å²) in [5.41, 5.74) is 3.28. The lowest BCUT2D eigenvalue weighted by atomic mass is 10.1. The number of benzene rings is 2. The Morgan fingerprint density at radius 1 is 1.11 bits per heavy atom. The number of aromatic nitrogens is 3. The summed E-state index contributed by atoms with van der Waals surface area (Å²) >= 11 is 15.0. The second kappa shape index (κ2) is 10.4. The molecule has 1 N–H and O–H groups in total. The van der Waals surface area contributed by atoms with Crippen molar-refractivity contribution in [2.24, 2.45) is 0 Å². The van der Waals surface area contributed by atoms with Gasteiger partial charge in [0.2, 0.25) is 11.8 Å². The molecule has 6 nitrogen and oxygen atoms in total. The van der Waals surface area contributed by atoms with Crippen molar-refractivity contribution >= 4 is 63.1 Å². The molecule has 1 unspecified atom stereocenters. The highest BCUT2D eigenvalue weighted by atomic mass is 35.5. The Kier molecular flexibility index (Phi) is 7.06. The fraction of sp³-hybridized carbons (Fsp3) is 0.120. The molecule has 5 rings (SSSR count). The van der Waals surface area contributed by atoms with E-state index in [0.717, 1.165) is 32.6 Å². The Hall–Kier alpha value is -2.91. The molecule has 3 aromatic heterocycles. The highest BCUT2D eigenvalue weighted by Crippen LogP contribution is 2.34. The fourth-order valence-corrected chi connectivity index (χ4v) is 5.45. The SMILES string of the molecule is CC(NC(=O)CSc1nnc(-c2cc(-c3cccs3)nc3ccccc23)o1)c1ccc(Cl)cc1Cl. The molecule has 0 saturated heterocycles. The lowest BCUT2D eigenvalue weighted by molar-refractivity contribution is -0.119. The number of halogens is 2. The van der Waals surface area contributed by atoms with Gasteiger partial charge in [-0.15, -0.1) is 21.5 Å². The maximum Gasteiger partial charge on any atom is 0.277 e. The number of thiophene rings is 1. The van der Waals surface area contributed by atoms with E-state index in [1.807, 2.05) is 54.8 Å². The standard InChI is InChI=1S/C25H18Cl2N4O2S2/c1-14(16-9-8-15(26)11-19(16)27)28-23(32)13-35-25-31-30-24(33-25)18-12-21(22-7-4-10-34-22)29-20-6-3-2-5-17(18)20/h2-12,14H,13H2,1H3,(H,28,32). The zero-order chi connectivity index (χ0) is 24.4. The first kappa shape index (κ1) is 23.8. The van der Waals surface area contributed by atoms with E-state index >= 15 is 0 Å². The quantitative estimate of drug-likeness (QED) is 0.218. The monoisotopic (exact) mass is 540 g/mol. The number of thioether (sulfide) groups is 1. The van der Waals surface area contributed by atoms with Crippen LogP contribution in [0.5, 0.6) is 0 Å². The van der Waals surface area contributed by atoms with Gasteiger partial charge < -0.3 is 9.73 Å². The zero-order valence-electron chi connectivity index (χ0n) is 18.4. The largest absolute Gasteiger partial charge is 0.411 e. The van der Waals surface area contributed by atoms with Crippen LogP contribution in [0.25, 0.3) is 32.9 Å². The summed E-state index contributed by atoms with van der Waals surface area (Å²) in [4.78, 5) is 18.3. The van der Waals surface area contributed by atoms with Gasteiger partial charge in [-0.1, -0.05) is 65.3 Å². The predicted molar refractivity (Wildman–Crippen MR) is 142 cm³/mol. The molecule has 0 aliphatic rings. The molecule has 1 amide bonds. The number of hydrogen-bond acceptors (Lipinski definition) is 7. The number of nitrogens with zero attached hydrogens (tertiary/aromatic N) is 3. The minimum atomic E-state index is -0.273. The average molecular weight is 541 g/mol. The number of pyridine rings is 1. The molecule has 176 valence electrons. The van der Waals surface area contributed by atoms with Gasteiger partial charge in [0.1, 0.15) is 0 Å². The summed E-state index contributed by atoms with van der Waals surface area (Å²) < 4.78 is 5.92. The van der Waals surface area contributed by atoms with Crippen molar-refractivity contribution in [2.75, 3.05) is 5.75 Å². The van der Waals surface area contributed by atoms with Crippen molar-refractivity contribution in [3.8, 4) is 22.0 Å². The number of rotatable bonds is 7. The van der Waals surface area contributed by atoms with E-state index in [-0.39, 0.29) is 17.7 Å². The van der Waals surface area contributed by atoms with Crippen molar-refractivity contribution in [3.05, 3.63) is 81.7 Å². The minimum Gasteiger partial charge on any atom is -0.411 e. The third-order valence-electron chi connectivity index (χ3n) is 5.26. The Labute approximate surface area is 219 Å². The van der Waals surface area contributed by atoms with Crippen molar-refractivity contribution < 1.29 is 9.21 Å². The molecule has 0 aliphatic heterocycles. The average Bonchev–Trinajstić information content (AvgIpc) is 3.54. The Bertz CT molecular complexity index is 1500. The van der Waals surface area contributed by atoms with Crippen LogP contribution in [0.1, 0.15) is 18.5 Å². The maximum atomic E-state index is 12.5. The van der Waals surface area contributed by atoms with Gasteiger partial charge >= 0.3 is 0 Å². The van der Waals surface area contributed by atoms with E-state index < -0.39 is 0 Å². The van der Waals surface area contributed by atoms with Crippen LogP contribution in [-0.2, 0) is 4.79 Å². The third kappa shape index (κ3) is 5.36. The molecule has 2 aromatic carbocycles. The van der Waals surface area contributed by atoms with E-state index in [1.165, 1.54) is 11.8 Å². The van der Waals surface area contributed by atoms with Crippen molar-refractivity contribution in [2.45, 2.75) is 18.2 Å². The zero-order valence-corrected chi connectivity index (χ0v) is 21.5. The molecule has 35 heavy (non-hydrogen) atoms. The molecule has 0 radical (unpaired) electrons. The van der Waals surface area contributed by atoms with Crippen molar-refractivity contribution in [3.63, 3.8) is 0 Å². The normalized spacial score (nSPS) is 12.1. The van der Waals surface area contributed by atoms with E-state index in [1.54, 1.807) is 29.5 Å². The van der Waals surface area contributed by atoms with Gasteiger partial charge in [0.15, 0.2) is 0 Å². The molecular formula is C25H18Cl2N4O2S2. The van der Waals surface area contributed by atoms with Gasteiger partial charge in [0, 0.05) is 15.4 Å². The van der Waals surface area contributed by atoms with Crippen LogP contribution in [0.15, 0.2) is 75.7 Å². The molecule has 0 bridgehead atoms. The number of nitrogens with one attached hydrogen (secondary N) is 1. The summed E-state index contributed by atoms with van der Waals surface area (Å²) in [7, 11) is 0. The molecule has 0 aliphatic carbocycles. The number of carbonyl (C=O) groups is 1. The molecule has 10 heteroatoms. The highest BCUT2D eigenvalue weighted by Gasteiger charge is 2.18. The first-order chi connectivity index (χ1) is 17.0. The molecule has 5 aromatic rings. The van der Waals surface area contributed by atoms with Crippen LogP contribution in [0.4, 0.5) is 0 Å². The summed E-state index contributed by atoms with van der Waals surface area (Å²) in [5.74, 6) is 0.322. The molecule has 3 heterocycles. The number of hydrogen-bond donors (Lipinski definition) is 1. The molecule has 0 fully saturated rings. The third-order valence-corrected chi connectivity index (χ3v) is 7.53. The number of carbonyl (C=O) groups excluding carboxylic acids is 1. The maximum absolute atomic E-state index is 12.5. The summed E-state index contributed by atoms with van der Waals surface area (Å²) in [6.45, 7) is 1.86. The van der Waals surface area contributed by atoms with Crippen molar-refractivity contribution in [1.29, 1.82) is 0 Å². The first-order valence-corrected chi connectivity index (χ1v) is 13.2. The number of fused-ring (bicyclic) bond motifs is 1.